The maximum Gasteiger partial charge on any atom is 0.0988 e. The molecule has 0 spiro atoms. The first-order chi connectivity index (χ1) is 4.85. The van der Waals surface area contributed by atoms with Gasteiger partial charge in [-0.25, -0.2) is 0 Å². The molecule has 1 heteroatoms. The zero-order valence-electron chi connectivity index (χ0n) is 6.59. The highest BCUT2D eigenvalue weighted by atomic mass is 14.2. The molecule has 0 aromatic carbocycles. The smallest absolute Gasteiger partial charge is 0.0988 e. The van der Waals surface area contributed by atoms with Crippen molar-refractivity contribution in [1.82, 2.24) is 0 Å². The number of hydrogen-bond donors (Lipinski definition) is 0. The Hall–Kier alpha value is -1.03. The first kappa shape index (κ1) is 8.97. The molecule has 0 amide bonds. The highest BCUT2D eigenvalue weighted by Crippen LogP contribution is 1.97. The number of nitrogens with zero attached hydrogens (tertiary/aromatic N) is 1. The van der Waals surface area contributed by atoms with Crippen molar-refractivity contribution in [2.45, 2.75) is 26.7 Å². The SMILES string of the molecule is CC/C=C(C#N)/C=C/CC. The van der Waals surface area contributed by atoms with Crippen LogP contribution >= 0.6 is 0 Å². The van der Waals surface area contributed by atoms with Gasteiger partial charge in [-0.2, -0.15) is 5.26 Å². The van der Waals surface area contributed by atoms with Crippen molar-refractivity contribution in [3.8, 4) is 6.07 Å². The van der Waals surface area contributed by atoms with E-state index in [4.69, 9.17) is 5.26 Å². The minimum Gasteiger partial charge on any atom is -0.192 e. The minimum absolute atomic E-state index is 0.768. The molecule has 0 aromatic rings. The fourth-order valence-corrected chi connectivity index (χ4v) is 0.616. The van der Waals surface area contributed by atoms with E-state index in [1.54, 1.807) is 0 Å². The van der Waals surface area contributed by atoms with E-state index in [2.05, 4.69) is 13.0 Å². The standard InChI is InChI=1S/C9H13N/c1-3-5-7-9(8-10)6-4-2/h5-7H,3-4H2,1-2H3/b7-5+,9-6-. The summed E-state index contributed by atoms with van der Waals surface area (Å²) < 4.78 is 0. The summed E-state index contributed by atoms with van der Waals surface area (Å²) in [7, 11) is 0. The Kier molecular flexibility index (Phi) is 5.47. The van der Waals surface area contributed by atoms with Gasteiger partial charge in [0.1, 0.15) is 0 Å². The van der Waals surface area contributed by atoms with Crippen LogP contribution in [0.25, 0.3) is 0 Å². The lowest BCUT2D eigenvalue weighted by Crippen LogP contribution is -1.69. The average Bonchev–Trinajstić information content (AvgIpc) is 1.98. The van der Waals surface area contributed by atoms with E-state index in [0.29, 0.717) is 0 Å². The Labute approximate surface area is 62.7 Å². The van der Waals surface area contributed by atoms with Crippen molar-refractivity contribution in [3.05, 3.63) is 23.8 Å². The van der Waals surface area contributed by atoms with Gasteiger partial charge in [0.05, 0.1) is 6.07 Å². The lowest BCUT2D eigenvalue weighted by atomic mass is 10.2. The molecule has 0 atom stereocenters. The Bertz CT molecular complexity index is 170. The van der Waals surface area contributed by atoms with Crippen LogP contribution in [0, 0.1) is 11.3 Å². The second-order valence-corrected chi connectivity index (χ2v) is 1.99. The summed E-state index contributed by atoms with van der Waals surface area (Å²) in [5.74, 6) is 0. The first-order valence-corrected chi connectivity index (χ1v) is 3.62. The van der Waals surface area contributed by atoms with E-state index in [1.807, 2.05) is 25.2 Å². The summed E-state index contributed by atoms with van der Waals surface area (Å²) in [6, 6.07) is 2.11. The predicted molar refractivity (Wildman–Crippen MR) is 43.4 cm³/mol. The highest BCUT2D eigenvalue weighted by Gasteiger charge is 1.83. The maximum atomic E-state index is 8.51. The Balaban J connectivity index is 3.99. The fraction of sp³-hybridized carbons (Fsp3) is 0.444. The van der Waals surface area contributed by atoms with Crippen LogP contribution in [0.4, 0.5) is 0 Å². The normalized spacial score (nSPS) is 11.9. The van der Waals surface area contributed by atoms with Gasteiger partial charge in [-0.15, -0.1) is 0 Å². The topological polar surface area (TPSA) is 23.8 Å². The van der Waals surface area contributed by atoms with Crippen molar-refractivity contribution in [1.29, 1.82) is 5.26 Å². The Morgan fingerprint density at radius 2 is 2.10 bits per heavy atom. The molecule has 0 rings (SSSR count). The van der Waals surface area contributed by atoms with Crippen molar-refractivity contribution >= 4 is 0 Å². The molecule has 0 unspecified atom stereocenters. The quantitative estimate of drug-likeness (QED) is 0.431. The highest BCUT2D eigenvalue weighted by molar-refractivity contribution is 5.32. The monoisotopic (exact) mass is 135 g/mol. The summed E-state index contributed by atoms with van der Waals surface area (Å²) in [6.45, 7) is 4.08. The second kappa shape index (κ2) is 6.10. The van der Waals surface area contributed by atoms with Gasteiger partial charge >= 0.3 is 0 Å². The molecule has 54 valence electrons. The molecule has 0 fully saturated rings. The lowest BCUT2D eigenvalue weighted by molar-refractivity contribution is 1.20. The van der Waals surface area contributed by atoms with Crippen LogP contribution in [0.5, 0.6) is 0 Å². The largest absolute Gasteiger partial charge is 0.192 e. The average molecular weight is 135 g/mol. The van der Waals surface area contributed by atoms with E-state index in [9.17, 15) is 0 Å². The fourth-order valence-electron chi connectivity index (χ4n) is 0.616. The van der Waals surface area contributed by atoms with E-state index in [-0.39, 0.29) is 0 Å². The summed E-state index contributed by atoms with van der Waals surface area (Å²) >= 11 is 0. The van der Waals surface area contributed by atoms with Gasteiger partial charge in [0.2, 0.25) is 0 Å². The third-order valence-electron chi connectivity index (χ3n) is 1.09. The lowest BCUT2D eigenvalue weighted by Gasteiger charge is -1.84. The number of nitriles is 1. The molecule has 0 N–H and O–H groups in total. The van der Waals surface area contributed by atoms with Crippen LogP contribution in [0.2, 0.25) is 0 Å². The summed E-state index contributed by atoms with van der Waals surface area (Å²) in [4.78, 5) is 0. The molecular formula is C9H13N. The van der Waals surface area contributed by atoms with Gasteiger partial charge in [0.15, 0.2) is 0 Å². The Morgan fingerprint density at radius 1 is 1.40 bits per heavy atom. The predicted octanol–water partition coefficient (Wildman–Crippen LogP) is 2.81. The van der Waals surface area contributed by atoms with Crippen LogP contribution < -0.4 is 0 Å². The zero-order chi connectivity index (χ0) is 7.82. The third-order valence-corrected chi connectivity index (χ3v) is 1.09. The molecule has 0 aromatic heterocycles. The zero-order valence-corrected chi connectivity index (χ0v) is 6.59. The first-order valence-electron chi connectivity index (χ1n) is 3.62. The van der Waals surface area contributed by atoms with Crippen LogP contribution in [-0.2, 0) is 0 Å². The number of allylic oxidation sites excluding steroid dienone is 4. The van der Waals surface area contributed by atoms with Gasteiger partial charge in [0, 0.05) is 5.57 Å². The molecule has 10 heavy (non-hydrogen) atoms. The summed E-state index contributed by atoms with van der Waals surface area (Å²) in [5, 5.41) is 8.51. The summed E-state index contributed by atoms with van der Waals surface area (Å²) in [5.41, 5.74) is 0.768. The van der Waals surface area contributed by atoms with E-state index >= 15 is 0 Å². The van der Waals surface area contributed by atoms with Crippen LogP contribution in [-0.4, -0.2) is 0 Å². The second-order valence-electron chi connectivity index (χ2n) is 1.99. The van der Waals surface area contributed by atoms with Crippen molar-refractivity contribution in [3.63, 3.8) is 0 Å². The van der Waals surface area contributed by atoms with E-state index < -0.39 is 0 Å². The molecule has 0 bridgehead atoms. The maximum absolute atomic E-state index is 8.51. The third kappa shape index (κ3) is 3.91. The molecule has 0 saturated carbocycles. The molecule has 0 radical (unpaired) electrons. The Morgan fingerprint density at radius 3 is 2.50 bits per heavy atom. The van der Waals surface area contributed by atoms with Crippen LogP contribution in [0.1, 0.15) is 26.7 Å². The number of rotatable bonds is 3. The molecule has 1 nitrogen and oxygen atoms in total. The van der Waals surface area contributed by atoms with Crippen molar-refractivity contribution in [2.75, 3.05) is 0 Å². The van der Waals surface area contributed by atoms with Crippen molar-refractivity contribution in [2.24, 2.45) is 0 Å². The molecule has 0 saturated heterocycles. The molecule has 0 aliphatic rings. The number of hydrogen-bond acceptors (Lipinski definition) is 1. The summed E-state index contributed by atoms with van der Waals surface area (Å²) in [6.07, 6.45) is 7.69. The molecule has 0 heterocycles. The van der Waals surface area contributed by atoms with Crippen LogP contribution in [0.15, 0.2) is 23.8 Å². The van der Waals surface area contributed by atoms with Crippen molar-refractivity contribution < 1.29 is 0 Å². The van der Waals surface area contributed by atoms with Gasteiger partial charge in [0.25, 0.3) is 0 Å². The minimum atomic E-state index is 0.768. The van der Waals surface area contributed by atoms with Gasteiger partial charge in [-0.1, -0.05) is 26.0 Å². The molecular weight excluding hydrogens is 122 g/mol. The van der Waals surface area contributed by atoms with Gasteiger partial charge < -0.3 is 0 Å². The molecule has 0 aliphatic carbocycles. The van der Waals surface area contributed by atoms with Crippen LogP contribution in [0.3, 0.4) is 0 Å². The van der Waals surface area contributed by atoms with E-state index in [0.717, 1.165) is 18.4 Å². The van der Waals surface area contributed by atoms with Gasteiger partial charge in [-0.05, 0) is 18.9 Å². The van der Waals surface area contributed by atoms with E-state index in [1.165, 1.54) is 0 Å². The molecule has 0 aliphatic heterocycles. The van der Waals surface area contributed by atoms with Gasteiger partial charge in [-0.3, -0.25) is 0 Å².